The fourth-order valence-corrected chi connectivity index (χ4v) is 4.32. The molecule has 2 heterocycles. The summed E-state index contributed by atoms with van der Waals surface area (Å²) < 4.78 is 22.7. The fourth-order valence-electron chi connectivity index (χ4n) is 2.57. The van der Waals surface area contributed by atoms with E-state index in [2.05, 4.69) is 15.3 Å². The molecule has 1 aliphatic heterocycles. The Balaban J connectivity index is 1.53. The molecule has 0 radical (unpaired) electrons. The van der Waals surface area contributed by atoms with E-state index >= 15 is 0 Å². The minimum absolute atomic E-state index is 0.0243. The summed E-state index contributed by atoms with van der Waals surface area (Å²) in [5, 5.41) is 2.79. The van der Waals surface area contributed by atoms with Gasteiger partial charge in [-0.05, 0) is 18.6 Å². The van der Waals surface area contributed by atoms with Gasteiger partial charge < -0.3 is 10.3 Å². The normalized spacial score (nSPS) is 20.7. The monoisotopic (exact) mass is 307 g/mol. The highest BCUT2D eigenvalue weighted by Gasteiger charge is 2.32. The molecule has 1 aromatic carbocycles. The summed E-state index contributed by atoms with van der Waals surface area (Å²) in [5.74, 6) is 0.339. The molecule has 1 saturated heterocycles. The Morgan fingerprint density at radius 3 is 2.90 bits per heavy atom. The molecule has 1 amide bonds. The van der Waals surface area contributed by atoms with E-state index in [1.54, 1.807) is 0 Å². The van der Waals surface area contributed by atoms with E-state index in [0.29, 0.717) is 19.4 Å². The molecule has 0 spiro atoms. The Morgan fingerprint density at radius 1 is 1.38 bits per heavy atom. The van der Waals surface area contributed by atoms with Crippen molar-refractivity contribution in [3.8, 4) is 0 Å². The van der Waals surface area contributed by atoms with Crippen molar-refractivity contribution in [3.63, 3.8) is 0 Å². The number of para-hydroxylation sites is 2. The van der Waals surface area contributed by atoms with Gasteiger partial charge in [-0.15, -0.1) is 0 Å². The molecule has 0 saturated carbocycles. The van der Waals surface area contributed by atoms with Crippen LogP contribution in [0.1, 0.15) is 12.2 Å². The zero-order valence-electron chi connectivity index (χ0n) is 11.5. The molecular formula is C14H17N3O3S. The molecule has 0 bridgehead atoms. The predicted octanol–water partition coefficient (Wildman–Crippen LogP) is 0.656. The molecule has 6 nitrogen and oxygen atoms in total. The van der Waals surface area contributed by atoms with Crippen molar-refractivity contribution >= 4 is 26.8 Å². The highest BCUT2D eigenvalue weighted by Crippen LogP contribution is 2.18. The average molecular weight is 307 g/mol. The van der Waals surface area contributed by atoms with Gasteiger partial charge in [-0.25, -0.2) is 13.4 Å². The van der Waals surface area contributed by atoms with Gasteiger partial charge in [0.15, 0.2) is 9.84 Å². The third kappa shape index (κ3) is 3.24. The third-order valence-corrected chi connectivity index (χ3v) is 5.47. The van der Waals surface area contributed by atoms with Crippen LogP contribution in [-0.4, -0.2) is 42.3 Å². The number of imidazole rings is 1. The maximum absolute atomic E-state index is 11.9. The quantitative estimate of drug-likeness (QED) is 0.868. The van der Waals surface area contributed by atoms with Crippen LogP contribution >= 0.6 is 0 Å². The molecule has 2 aromatic rings. The van der Waals surface area contributed by atoms with Crippen LogP contribution in [0.25, 0.3) is 11.0 Å². The number of carbonyl (C=O) groups excluding carboxylic acids is 1. The lowest BCUT2D eigenvalue weighted by Crippen LogP contribution is -2.32. The number of aromatic nitrogens is 2. The number of nitrogens with one attached hydrogen (secondary N) is 2. The van der Waals surface area contributed by atoms with Gasteiger partial charge in [-0.2, -0.15) is 0 Å². The second kappa shape index (κ2) is 5.48. The maximum Gasteiger partial charge on any atom is 0.224 e. The molecule has 7 heteroatoms. The average Bonchev–Trinajstić information content (AvgIpc) is 3.01. The lowest BCUT2D eigenvalue weighted by atomic mass is 10.1. The summed E-state index contributed by atoms with van der Waals surface area (Å²) >= 11 is 0. The molecule has 1 aliphatic rings. The molecule has 1 fully saturated rings. The second-order valence-corrected chi connectivity index (χ2v) is 7.57. The molecule has 0 aliphatic carbocycles. The number of fused-ring (bicyclic) bond motifs is 1. The first-order chi connectivity index (χ1) is 10.0. The summed E-state index contributed by atoms with van der Waals surface area (Å²) in [6.45, 7) is 0.454. The van der Waals surface area contributed by atoms with Crippen molar-refractivity contribution in [2.24, 2.45) is 5.92 Å². The Hall–Kier alpha value is -1.89. The van der Waals surface area contributed by atoms with E-state index in [0.717, 1.165) is 16.9 Å². The first-order valence-corrected chi connectivity index (χ1v) is 8.77. The van der Waals surface area contributed by atoms with Crippen molar-refractivity contribution in [2.75, 3.05) is 18.1 Å². The summed E-state index contributed by atoms with van der Waals surface area (Å²) in [6.07, 6.45) is 1.03. The van der Waals surface area contributed by atoms with Crippen LogP contribution in [0.2, 0.25) is 0 Å². The summed E-state index contributed by atoms with van der Waals surface area (Å²) in [5.41, 5.74) is 1.88. The van der Waals surface area contributed by atoms with E-state index in [1.165, 1.54) is 0 Å². The topological polar surface area (TPSA) is 91.9 Å². The van der Waals surface area contributed by atoms with Crippen molar-refractivity contribution < 1.29 is 13.2 Å². The van der Waals surface area contributed by atoms with Crippen LogP contribution in [0.15, 0.2) is 24.3 Å². The predicted molar refractivity (Wildman–Crippen MR) is 79.6 cm³/mol. The number of hydrogen-bond donors (Lipinski definition) is 2. The SMILES string of the molecule is O=C(NCCc1nc2ccccc2[nH]1)C1CCS(=O)(=O)C1. The van der Waals surface area contributed by atoms with E-state index in [4.69, 9.17) is 0 Å². The highest BCUT2D eigenvalue weighted by molar-refractivity contribution is 7.91. The van der Waals surface area contributed by atoms with Gasteiger partial charge in [0.05, 0.1) is 28.5 Å². The Bertz CT molecular complexity index is 734. The number of hydrogen-bond acceptors (Lipinski definition) is 4. The number of H-pyrrole nitrogens is 1. The van der Waals surface area contributed by atoms with Crippen molar-refractivity contribution in [2.45, 2.75) is 12.8 Å². The Kier molecular flexibility index (Phi) is 3.67. The van der Waals surface area contributed by atoms with Crippen molar-refractivity contribution in [1.82, 2.24) is 15.3 Å². The number of carbonyl (C=O) groups is 1. The smallest absolute Gasteiger partial charge is 0.224 e. The first-order valence-electron chi connectivity index (χ1n) is 6.95. The highest BCUT2D eigenvalue weighted by atomic mass is 32.2. The Morgan fingerprint density at radius 2 is 2.19 bits per heavy atom. The molecular weight excluding hydrogens is 290 g/mol. The fraction of sp³-hybridized carbons (Fsp3) is 0.429. The number of rotatable bonds is 4. The zero-order chi connectivity index (χ0) is 14.9. The van der Waals surface area contributed by atoms with Crippen molar-refractivity contribution in [3.05, 3.63) is 30.1 Å². The van der Waals surface area contributed by atoms with Gasteiger partial charge in [0.25, 0.3) is 0 Å². The molecule has 2 N–H and O–H groups in total. The number of benzene rings is 1. The van der Waals surface area contributed by atoms with E-state index < -0.39 is 15.8 Å². The van der Waals surface area contributed by atoms with Crippen LogP contribution in [0.5, 0.6) is 0 Å². The second-order valence-electron chi connectivity index (χ2n) is 5.34. The van der Waals surface area contributed by atoms with E-state index in [1.807, 2.05) is 24.3 Å². The number of amides is 1. The van der Waals surface area contributed by atoms with Gasteiger partial charge in [0.1, 0.15) is 5.82 Å². The van der Waals surface area contributed by atoms with Crippen LogP contribution in [-0.2, 0) is 21.1 Å². The standard InChI is InChI=1S/C14H17N3O3S/c18-14(10-6-8-21(19,20)9-10)15-7-5-13-16-11-3-1-2-4-12(11)17-13/h1-4,10H,5-9H2,(H,15,18)(H,16,17). The number of sulfone groups is 1. The molecule has 1 unspecified atom stereocenters. The molecule has 3 rings (SSSR count). The van der Waals surface area contributed by atoms with Gasteiger partial charge in [0.2, 0.25) is 5.91 Å². The van der Waals surface area contributed by atoms with Crippen LogP contribution in [0, 0.1) is 5.92 Å². The minimum Gasteiger partial charge on any atom is -0.355 e. The molecule has 1 aromatic heterocycles. The largest absolute Gasteiger partial charge is 0.355 e. The molecule has 112 valence electrons. The van der Waals surface area contributed by atoms with Gasteiger partial charge in [0, 0.05) is 13.0 Å². The van der Waals surface area contributed by atoms with Crippen LogP contribution < -0.4 is 5.32 Å². The van der Waals surface area contributed by atoms with Gasteiger partial charge in [-0.1, -0.05) is 12.1 Å². The first kappa shape index (κ1) is 14.1. The zero-order valence-corrected chi connectivity index (χ0v) is 12.3. The van der Waals surface area contributed by atoms with E-state index in [-0.39, 0.29) is 17.4 Å². The Labute approximate surface area is 122 Å². The minimum atomic E-state index is -3.01. The molecule has 1 atom stereocenters. The lowest BCUT2D eigenvalue weighted by molar-refractivity contribution is -0.124. The maximum atomic E-state index is 11.9. The van der Waals surface area contributed by atoms with Gasteiger partial charge in [-0.3, -0.25) is 4.79 Å². The summed E-state index contributed by atoms with van der Waals surface area (Å²) in [7, 11) is -3.01. The number of nitrogens with zero attached hydrogens (tertiary/aromatic N) is 1. The third-order valence-electron chi connectivity index (χ3n) is 3.70. The summed E-state index contributed by atoms with van der Waals surface area (Å²) in [4.78, 5) is 19.5. The van der Waals surface area contributed by atoms with Crippen LogP contribution in [0.4, 0.5) is 0 Å². The van der Waals surface area contributed by atoms with Gasteiger partial charge >= 0.3 is 0 Å². The van der Waals surface area contributed by atoms with Crippen LogP contribution in [0.3, 0.4) is 0 Å². The van der Waals surface area contributed by atoms with Crippen molar-refractivity contribution in [1.29, 1.82) is 0 Å². The lowest BCUT2D eigenvalue weighted by Gasteiger charge is -2.08. The molecule has 21 heavy (non-hydrogen) atoms. The number of aromatic amines is 1. The summed E-state index contributed by atoms with van der Waals surface area (Å²) in [6, 6.07) is 7.74. The van der Waals surface area contributed by atoms with E-state index in [9.17, 15) is 13.2 Å².